The van der Waals surface area contributed by atoms with Crippen molar-refractivity contribution < 1.29 is 23.2 Å². The standard InChI is InChI=1S/C22H22N6O5S2/c1-4-32-22(29)28-35(3,30)15-7-5-6-14(8-15)11-33-19-10-17-16(9-18(19)31-2)20(24-12-23-17)26-21-27-25-13-34-21/h5-10,12-13H,4,11H2,1-3H3,(H,23,24,26,27). The quantitative estimate of drug-likeness (QED) is 0.359. The Morgan fingerprint density at radius 3 is 2.80 bits per heavy atom. The summed E-state index contributed by atoms with van der Waals surface area (Å²) < 4.78 is 33.0. The maximum Gasteiger partial charge on any atom is 0.442 e. The van der Waals surface area contributed by atoms with Crippen LogP contribution in [0.15, 0.2) is 57.5 Å². The number of amides is 1. The van der Waals surface area contributed by atoms with Crippen molar-refractivity contribution in [1.82, 2.24) is 20.2 Å². The second-order valence-electron chi connectivity index (χ2n) is 7.14. The molecule has 0 saturated heterocycles. The van der Waals surface area contributed by atoms with Gasteiger partial charge in [-0.1, -0.05) is 23.5 Å². The molecule has 4 rings (SSSR count). The normalized spacial score (nSPS) is 12.5. The molecule has 11 nitrogen and oxygen atoms in total. The van der Waals surface area contributed by atoms with Crippen LogP contribution in [-0.2, 0) is 21.1 Å². The zero-order valence-corrected chi connectivity index (χ0v) is 20.8. The van der Waals surface area contributed by atoms with Crippen molar-refractivity contribution in [2.24, 2.45) is 4.36 Å². The van der Waals surface area contributed by atoms with Gasteiger partial charge in [0.15, 0.2) is 11.5 Å². The minimum atomic E-state index is -2.97. The maximum atomic E-state index is 12.9. The molecule has 0 aliphatic rings. The van der Waals surface area contributed by atoms with E-state index < -0.39 is 15.8 Å². The highest BCUT2D eigenvalue weighted by molar-refractivity contribution is 7.93. The summed E-state index contributed by atoms with van der Waals surface area (Å²) in [6, 6.07) is 10.4. The van der Waals surface area contributed by atoms with Crippen LogP contribution in [0.3, 0.4) is 0 Å². The smallest absolute Gasteiger partial charge is 0.442 e. The molecule has 1 unspecified atom stereocenters. The van der Waals surface area contributed by atoms with Crippen LogP contribution in [0.1, 0.15) is 12.5 Å². The first kappa shape index (κ1) is 24.3. The lowest BCUT2D eigenvalue weighted by molar-refractivity contribution is 0.164. The van der Waals surface area contributed by atoms with Gasteiger partial charge in [0.05, 0.1) is 29.0 Å². The molecule has 0 bridgehead atoms. The molecule has 0 aliphatic carbocycles. The molecule has 0 aliphatic heterocycles. The number of aromatic nitrogens is 4. The molecular weight excluding hydrogens is 492 g/mol. The number of fused-ring (bicyclic) bond motifs is 1. The Balaban J connectivity index is 1.58. The molecule has 2 heterocycles. The third-order valence-corrected chi connectivity index (χ3v) is 6.99. The molecule has 13 heteroatoms. The fourth-order valence-corrected chi connectivity index (χ4v) is 4.73. The number of nitrogens with zero attached hydrogens (tertiary/aromatic N) is 5. The van der Waals surface area contributed by atoms with Gasteiger partial charge in [-0.25, -0.2) is 19.0 Å². The summed E-state index contributed by atoms with van der Waals surface area (Å²) >= 11 is 1.35. The fraction of sp³-hybridized carbons (Fsp3) is 0.227. The van der Waals surface area contributed by atoms with E-state index in [0.29, 0.717) is 32.9 Å². The lowest BCUT2D eigenvalue weighted by Gasteiger charge is -2.14. The molecule has 2 aromatic carbocycles. The first-order valence-corrected chi connectivity index (χ1v) is 13.2. The predicted molar refractivity (Wildman–Crippen MR) is 132 cm³/mol. The SMILES string of the molecule is CCOC(=O)N=S(C)(=O)c1cccc(COc2cc3ncnc(Nc4nncs4)c3cc2OC)c1. The van der Waals surface area contributed by atoms with Gasteiger partial charge in [-0.15, -0.1) is 14.6 Å². The van der Waals surface area contributed by atoms with Crippen LogP contribution in [0.4, 0.5) is 15.7 Å². The summed E-state index contributed by atoms with van der Waals surface area (Å²) in [5.74, 6) is 1.52. The largest absolute Gasteiger partial charge is 0.493 e. The molecule has 1 atom stereocenters. The van der Waals surface area contributed by atoms with Crippen molar-refractivity contribution in [2.75, 3.05) is 25.3 Å². The molecule has 0 spiro atoms. The van der Waals surface area contributed by atoms with Crippen molar-refractivity contribution in [3.63, 3.8) is 0 Å². The number of rotatable bonds is 8. The highest BCUT2D eigenvalue weighted by atomic mass is 32.2. The summed E-state index contributed by atoms with van der Waals surface area (Å²) in [6.07, 6.45) is 1.98. The molecule has 0 radical (unpaired) electrons. The third-order valence-electron chi connectivity index (χ3n) is 4.75. The zero-order chi connectivity index (χ0) is 24.8. The van der Waals surface area contributed by atoms with Crippen molar-refractivity contribution in [3.8, 4) is 11.5 Å². The molecule has 35 heavy (non-hydrogen) atoms. The predicted octanol–water partition coefficient (Wildman–Crippen LogP) is 4.43. The number of benzene rings is 2. The number of anilines is 2. The van der Waals surface area contributed by atoms with Gasteiger partial charge in [0.25, 0.3) is 0 Å². The minimum Gasteiger partial charge on any atom is -0.493 e. The highest BCUT2D eigenvalue weighted by Crippen LogP contribution is 2.35. The fourth-order valence-electron chi connectivity index (χ4n) is 3.14. The van der Waals surface area contributed by atoms with Gasteiger partial charge in [0, 0.05) is 22.6 Å². The van der Waals surface area contributed by atoms with Crippen molar-refractivity contribution in [2.45, 2.75) is 18.4 Å². The van der Waals surface area contributed by atoms with Gasteiger partial charge < -0.3 is 19.5 Å². The Morgan fingerprint density at radius 2 is 2.06 bits per heavy atom. The van der Waals surface area contributed by atoms with Crippen molar-refractivity contribution in [3.05, 3.63) is 53.8 Å². The molecule has 1 N–H and O–H groups in total. The van der Waals surface area contributed by atoms with Crippen molar-refractivity contribution >= 4 is 49.0 Å². The lowest BCUT2D eigenvalue weighted by atomic mass is 10.2. The monoisotopic (exact) mass is 514 g/mol. The van der Waals surface area contributed by atoms with E-state index in [-0.39, 0.29) is 13.2 Å². The molecule has 182 valence electrons. The van der Waals surface area contributed by atoms with E-state index in [1.165, 1.54) is 23.9 Å². The Morgan fingerprint density at radius 1 is 1.20 bits per heavy atom. The Kier molecular flexibility index (Phi) is 7.36. The summed E-state index contributed by atoms with van der Waals surface area (Å²) in [4.78, 5) is 20.7. The van der Waals surface area contributed by atoms with Gasteiger partial charge in [-0.3, -0.25) is 0 Å². The Hall–Kier alpha value is -3.84. The van der Waals surface area contributed by atoms with Crippen LogP contribution in [-0.4, -0.2) is 50.4 Å². The van der Waals surface area contributed by atoms with Gasteiger partial charge in [-0.2, -0.15) is 0 Å². The van der Waals surface area contributed by atoms with E-state index >= 15 is 0 Å². The maximum absolute atomic E-state index is 12.9. The Bertz CT molecular complexity index is 1470. The average molecular weight is 515 g/mol. The third kappa shape index (κ3) is 5.81. The molecule has 2 aromatic heterocycles. The van der Waals surface area contributed by atoms with E-state index in [0.717, 1.165) is 10.9 Å². The van der Waals surface area contributed by atoms with Crippen LogP contribution >= 0.6 is 11.3 Å². The van der Waals surface area contributed by atoms with Crippen molar-refractivity contribution in [1.29, 1.82) is 0 Å². The molecule has 1 amide bonds. The van der Waals surface area contributed by atoms with Crippen LogP contribution in [0, 0.1) is 0 Å². The number of carbonyl (C=O) groups is 1. The number of nitrogens with one attached hydrogen (secondary N) is 1. The number of carbonyl (C=O) groups excluding carboxylic acids is 1. The topological polar surface area (TPSA) is 138 Å². The summed E-state index contributed by atoms with van der Waals surface area (Å²) in [5.41, 5.74) is 3.00. The van der Waals surface area contributed by atoms with E-state index in [4.69, 9.17) is 14.2 Å². The zero-order valence-electron chi connectivity index (χ0n) is 19.1. The first-order valence-electron chi connectivity index (χ1n) is 10.4. The van der Waals surface area contributed by atoms with E-state index in [9.17, 15) is 9.00 Å². The number of methoxy groups -OCH3 is 1. The summed E-state index contributed by atoms with van der Waals surface area (Å²) in [5, 5.41) is 12.2. The van der Waals surface area contributed by atoms with Crippen LogP contribution in [0.25, 0.3) is 10.9 Å². The van der Waals surface area contributed by atoms with E-state index in [1.807, 2.05) is 6.07 Å². The number of hydrogen-bond acceptors (Lipinski definition) is 11. The van der Waals surface area contributed by atoms with E-state index in [1.54, 1.807) is 49.9 Å². The highest BCUT2D eigenvalue weighted by Gasteiger charge is 2.14. The number of hydrogen-bond donors (Lipinski definition) is 1. The van der Waals surface area contributed by atoms with Crippen LogP contribution in [0.5, 0.6) is 11.5 Å². The lowest BCUT2D eigenvalue weighted by Crippen LogP contribution is -2.06. The van der Waals surface area contributed by atoms with Gasteiger partial charge >= 0.3 is 6.09 Å². The Labute approximate surface area is 205 Å². The summed E-state index contributed by atoms with van der Waals surface area (Å²) in [7, 11) is -1.43. The van der Waals surface area contributed by atoms with E-state index in [2.05, 4.69) is 29.8 Å². The minimum absolute atomic E-state index is 0.157. The molecule has 0 fully saturated rings. The second kappa shape index (κ2) is 10.6. The average Bonchev–Trinajstić information content (AvgIpc) is 3.35. The molecule has 4 aromatic rings. The molecule has 0 saturated carbocycles. The van der Waals surface area contributed by atoms with Crippen LogP contribution in [0.2, 0.25) is 0 Å². The second-order valence-corrected chi connectivity index (χ2v) is 10.2. The number of ether oxygens (including phenoxy) is 3. The van der Waals surface area contributed by atoms with Gasteiger partial charge in [0.1, 0.15) is 24.3 Å². The first-order chi connectivity index (χ1) is 16.9. The van der Waals surface area contributed by atoms with Gasteiger partial charge in [-0.05, 0) is 30.7 Å². The molecular formula is C22H22N6O5S2. The van der Waals surface area contributed by atoms with Gasteiger partial charge in [0.2, 0.25) is 5.13 Å². The van der Waals surface area contributed by atoms with Crippen LogP contribution < -0.4 is 14.8 Å². The summed E-state index contributed by atoms with van der Waals surface area (Å²) in [6.45, 7) is 1.97.